The van der Waals surface area contributed by atoms with E-state index in [0.29, 0.717) is 0 Å². The van der Waals surface area contributed by atoms with Gasteiger partial charge < -0.3 is 20.2 Å². The Bertz CT molecular complexity index is 258. The predicted molar refractivity (Wildman–Crippen MR) is 54.2 cm³/mol. The lowest BCUT2D eigenvalue weighted by Gasteiger charge is -2.24. The molecule has 2 atom stereocenters. The summed E-state index contributed by atoms with van der Waals surface area (Å²) < 4.78 is 4.51. The Kier molecular flexibility index (Phi) is 6.08. The second-order valence-electron chi connectivity index (χ2n) is 2.92. The molecule has 5 N–H and O–H groups in total. The van der Waals surface area contributed by atoms with Crippen LogP contribution in [0.15, 0.2) is 0 Å². The number of amides is 1. The highest BCUT2D eigenvalue weighted by Gasteiger charge is 2.23. The van der Waals surface area contributed by atoms with Gasteiger partial charge in [0.1, 0.15) is 0 Å². The number of rotatable bonds is 6. The number of hydrogen-bond donors (Lipinski definition) is 5. The maximum Gasteiger partial charge on any atom is 0.347 e. The lowest BCUT2D eigenvalue weighted by Crippen LogP contribution is -2.45. The van der Waals surface area contributed by atoms with Crippen LogP contribution in [-0.2, 0) is 9.32 Å². The molecule has 0 aromatic carbocycles. The third kappa shape index (κ3) is 6.65. The molecule has 0 heterocycles. The molecular weight excluding hydrogens is 222 g/mol. The lowest BCUT2D eigenvalue weighted by molar-refractivity contribution is -0.120. The Morgan fingerprint density at radius 3 is 2.53 bits per heavy atom. The SMILES string of the molecule is [B]CC(=O)N[C@@H](CO)[C@H](C)OP(=N)(O)O. The first-order valence-electron chi connectivity index (χ1n) is 4.18. The molecule has 0 saturated carbocycles. The van der Waals surface area contributed by atoms with E-state index in [0.717, 1.165) is 0 Å². The van der Waals surface area contributed by atoms with Gasteiger partial charge in [0.25, 0.3) is 0 Å². The van der Waals surface area contributed by atoms with Crippen LogP contribution in [0.4, 0.5) is 0 Å². The summed E-state index contributed by atoms with van der Waals surface area (Å²) in [6.07, 6.45) is -1.14. The Labute approximate surface area is 89.0 Å². The quantitative estimate of drug-likeness (QED) is 0.298. The zero-order valence-corrected chi connectivity index (χ0v) is 9.15. The molecule has 0 aliphatic heterocycles. The molecule has 0 fully saturated rings. The second kappa shape index (κ2) is 6.24. The van der Waals surface area contributed by atoms with Crippen molar-refractivity contribution in [3.63, 3.8) is 0 Å². The van der Waals surface area contributed by atoms with E-state index in [4.69, 9.17) is 27.9 Å². The Morgan fingerprint density at radius 2 is 2.20 bits per heavy atom. The zero-order chi connectivity index (χ0) is 12.1. The number of carbonyl (C=O) groups excluding carboxylic acids is 1. The number of hydrogen-bond acceptors (Lipinski definition) is 4. The van der Waals surface area contributed by atoms with Crippen molar-refractivity contribution in [2.24, 2.45) is 0 Å². The average molecular weight is 236 g/mol. The van der Waals surface area contributed by atoms with Crippen LogP contribution in [0.3, 0.4) is 0 Å². The van der Waals surface area contributed by atoms with Gasteiger partial charge >= 0.3 is 7.74 Å². The van der Waals surface area contributed by atoms with Crippen LogP contribution in [0.2, 0.25) is 6.32 Å². The Morgan fingerprint density at radius 1 is 1.67 bits per heavy atom. The van der Waals surface area contributed by atoms with Crippen LogP contribution in [0.25, 0.3) is 0 Å². The molecule has 7 nitrogen and oxygen atoms in total. The molecule has 86 valence electrons. The second-order valence-corrected chi connectivity index (χ2v) is 4.21. The normalized spacial score (nSPS) is 15.7. The summed E-state index contributed by atoms with van der Waals surface area (Å²) in [5, 5.41) is 17.9. The number of aliphatic hydroxyl groups is 1. The van der Waals surface area contributed by atoms with Gasteiger partial charge in [-0.2, -0.15) is 0 Å². The average Bonchev–Trinajstić information content (AvgIpc) is 2.10. The minimum absolute atomic E-state index is 0.247. The molecule has 0 aromatic rings. The van der Waals surface area contributed by atoms with Crippen molar-refractivity contribution < 1.29 is 24.2 Å². The molecule has 0 aromatic heterocycles. The third-order valence-corrected chi connectivity index (χ3v) is 2.23. The van der Waals surface area contributed by atoms with Gasteiger partial charge in [-0.3, -0.25) is 9.32 Å². The van der Waals surface area contributed by atoms with E-state index in [-0.39, 0.29) is 6.32 Å². The highest BCUT2D eigenvalue weighted by Crippen LogP contribution is 2.38. The molecule has 0 saturated heterocycles. The van der Waals surface area contributed by atoms with Crippen molar-refractivity contribution in [3.05, 3.63) is 0 Å². The molecule has 0 bridgehead atoms. The van der Waals surface area contributed by atoms with E-state index in [2.05, 4.69) is 9.84 Å². The Hall–Kier alpha value is -0.395. The summed E-state index contributed by atoms with van der Waals surface area (Å²) in [5.41, 5.74) is 0. The maximum atomic E-state index is 10.9. The summed E-state index contributed by atoms with van der Waals surface area (Å²) in [5.74, 6) is -0.505. The van der Waals surface area contributed by atoms with Crippen LogP contribution in [0.5, 0.6) is 0 Å². The molecule has 0 spiro atoms. The van der Waals surface area contributed by atoms with Crippen LogP contribution in [0.1, 0.15) is 6.92 Å². The summed E-state index contributed by atoms with van der Waals surface area (Å²) >= 11 is 0. The van der Waals surface area contributed by atoms with Crippen molar-refractivity contribution in [1.29, 1.82) is 5.16 Å². The lowest BCUT2D eigenvalue weighted by atomic mass is 10.0. The Balaban J connectivity index is 4.28. The van der Waals surface area contributed by atoms with Crippen LogP contribution in [-0.4, -0.2) is 47.4 Å². The monoisotopic (exact) mass is 236 g/mol. The summed E-state index contributed by atoms with van der Waals surface area (Å²) in [6.45, 7) is 0.945. The van der Waals surface area contributed by atoms with E-state index in [9.17, 15) is 4.79 Å². The third-order valence-electron chi connectivity index (χ3n) is 1.61. The minimum Gasteiger partial charge on any atom is -0.394 e. The van der Waals surface area contributed by atoms with Crippen molar-refractivity contribution in [2.75, 3.05) is 6.61 Å². The molecule has 0 rings (SSSR count). The smallest absolute Gasteiger partial charge is 0.347 e. The van der Waals surface area contributed by atoms with Crippen molar-refractivity contribution >= 4 is 21.5 Å². The summed E-state index contributed by atoms with van der Waals surface area (Å²) in [4.78, 5) is 28.3. The van der Waals surface area contributed by atoms with E-state index >= 15 is 0 Å². The molecule has 0 unspecified atom stereocenters. The van der Waals surface area contributed by atoms with Gasteiger partial charge in [0.15, 0.2) is 0 Å². The first-order chi connectivity index (χ1) is 6.80. The van der Waals surface area contributed by atoms with Gasteiger partial charge in [-0.25, -0.2) is 5.16 Å². The molecule has 0 aliphatic rings. The zero-order valence-electron chi connectivity index (χ0n) is 8.25. The van der Waals surface area contributed by atoms with Gasteiger partial charge in [-0.1, -0.05) is 0 Å². The molecular formula is C6H14BN2O5P. The standard InChI is InChI=1S/C6H14BN2O5P/c1-4(14-15(8,12)13)5(3-10)9-6(11)2-7/h4-5,10H,2-3H2,1H3,(H,9,11)(H3,8,12,13)/t4-,5-/m0/s1. The van der Waals surface area contributed by atoms with Gasteiger partial charge in [-0.15, -0.1) is 0 Å². The van der Waals surface area contributed by atoms with Gasteiger partial charge in [0, 0.05) is 0 Å². The fourth-order valence-electron chi connectivity index (χ4n) is 0.882. The molecule has 1 amide bonds. The van der Waals surface area contributed by atoms with Crippen LogP contribution < -0.4 is 5.32 Å². The number of carbonyl (C=O) groups is 1. The largest absolute Gasteiger partial charge is 0.394 e. The van der Waals surface area contributed by atoms with Crippen LogP contribution >= 0.6 is 7.74 Å². The van der Waals surface area contributed by atoms with Gasteiger partial charge in [0.2, 0.25) is 5.91 Å². The summed E-state index contributed by atoms with van der Waals surface area (Å²) in [6, 6.07) is -0.829. The van der Waals surface area contributed by atoms with Crippen LogP contribution in [0, 0.1) is 5.16 Å². The van der Waals surface area contributed by atoms with Crippen molar-refractivity contribution in [1.82, 2.24) is 5.32 Å². The number of nitrogens with one attached hydrogen (secondary N) is 2. The number of aliphatic hydroxyl groups excluding tert-OH is 1. The highest BCUT2D eigenvalue weighted by atomic mass is 31.2. The topological polar surface area (TPSA) is 123 Å². The van der Waals surface area contributed by atoms with E-state index < -0.39 is 32.4 Å². The van der Waals surface area contributed by atoms with E-state index in [1.807, 2.05) is 0 Å². The van der Waals surface area contributed by atoms with Gasteiger partial charge in [0.05, 0.1) is 26.6 Å². The van der Waals surface area contributed by atoms with Gasteiger partial charge in [-0.05, 0) is 13.2 Å². The van der Waals surface area contributed by atoms with E-state index in [1.165, 1.54) is 6.92 Å². The fraction of sp³-hybridized carbons (Fsp3) is 0.833. The molecule has 15 heavy (non-hydrogen) atoms. The fourth-order valence-corrected chi connectivity index (χ4v) is 1.49. The highest BCUT2D eigenvalue weighted by molar-refractivity contribution is 7.47. The van der Waals surface area contributed by atoms with Crippen molar-refractivity contribution in [2.45, 2.75) is 25.4 Å². The summed E-state index contributed by atoms with van der Waals surface area (Å²) in [7, 11) is 0.905. The predicted octanol–water partition coefficient (Wildman–Crippen LogP) is -1.04. The van der Waals surface area contributed by atoms with Crippen molar-refractivity contribution in [3.8, 4) is 0 Å². The first kappa shape index (κ1) is 14.6. The molecule has 9 heteroatoms. The first-order valence-corrected chi connectivity index (χ1v) is 5.79. The minimum atomic E-state index is -4.13. The maximum absolute atomic E-state index is 10.9. The molecule has 0 aliphatic carbocycles. The molecule has 2 radical (unpaired) electrons. The van der Waals surface area contributed by atoms with E-state index in [1.54, 1.807) is 0 Å².